The van der Waals surface area contributed by atoms with E-state index in [9.17, 15) is 8.42 Å². The summed E-state index contributed by atoms with van der Waals surface area (Å²) >= 11 is 8.96. The molecule has 80 valence electrons. The van der Waals surface area contributed by atoms with Gasteiger partial charge in [0.1, 0.15) is 10.4 Å². The average molecular weight is 330 g/mol. The molecule has 2 aromatic rings. The van der Waals surface area contributed by atoms with Crippen molar-refractivity contribution in [2.45, 2.75) is 4.90 Å². The lowest BCUT2D eigenvalue weighted by atomic mass is 10.3. The number of rotatable bonds is 1. The second kappa shape index (κ2) is 3.62. The molecule has 2 rings (SSSR count). The fraction of sp³-hybridized carbons (Fsp3) is 0. The molecule has 0 aliphatic carbocycles. The van der Waals surface area contributed by atoms with Crippen molar-refractivity contribution in [1.82, 2.24) is 9.97 Å². The minimum absolute atomic E-state index is 0.0643. The van der Waals surface area contributed by atoms with Crippen LogP contribution in [0.15, 0.2) is 21.8 Å². The summed E-state index contributed by atoms with van der Waals surface area (Å²) < 4.78 is 22.8. The second-order valence-electron chi connectivity index (χ2n) is 2.73. The van der Waals surface area contributed by atoms with Crippen LogP contribution in [0.3, 0.4) is 0 Å². The summed E-state index contributed by atoms with van der Waals surface area (Å²) in [4.78, 5) is 6.68. The van der Waals surface area contributed by atoms with Crippen molar-refractivity contribution in [3.8, 4) is 0 Å². The fourth-order valence-electron chi connectivity index (χ4n) is 1.20. The number of aromatic nitrogens is 2. The molecule has 0 atom stereocenters. The summed E-state index contributed by atoms with van der Waals surface area (Å²) in [7, 11) is 1.44. The third-order valence-electron chi connectivity index (χ3n) is 1.79. The fourth-order valence-corrected chi connectivity index (χ4v) is 2.76. The third-order valence-corrected chi connectivity index (χ3v) is 3.83. The Morgan fingerprint density at radius 1 is 1.40 bits per heavy atom. The molecular formula is C7H3BrCl2N2O2S. The van der Waals surface area contributed by atoms with Crippen molar-refractivity contribution in [1.29, 1.82) is 0 Å². The van der Waals surface area contributed by atoms with Crippen molar-refractivity contribution in [2.24, 2.45) is 0 Å². The molecule has 0 aliphatic heterocycles. The van der Waals surface area contributed by atoms with Crippen LogP contribution in [0.25, 0.3) is 11.0 Å². The molecule has 4 nitrogen and oxygen atoms in total. The topological polar surface area (TPSA) is 62.8 Å². The van der Waals surface area contributed by atoms with E-state index in [-0.39, 0.29) is 10.4 Å². The van der Waals surface area contributed by atoms with E-state index in [1.807, 2.05) is 0 Å². The number of halogens is 3. The van der Waals surface area contributed by atoms with Crippen molar-refractivity contribution in [3.63, 3.8) is 0 Å². The minimum Gasteiger partial charge on any atom is -0.331 e. The van der Waals surface area contributed by atoms with Gasteiger partial charge in [0.25, 0.3) is 9.05 Å². The van der Waals surface area contributed by atoms with Crippen LogP contribution in [0.2, 0.25) is 5.02 Å². The van der Waals surface area contributed by atoms with Gasteiger partial charge in [-0.25, -0.2) is 13.4 Å². The largest absolute Gasteiger partial charge is 0.331 e. The minimum atomic E-state index is -3.82. The SMILES string of the molecule is O=S(=O)(Cl)c1ccc(Cl)c2[nH]c(Br)nc12. The Morgan fingerprint density at radius 2 is 2.07 bits per heavy atom. The lowest BCUT2D eigenvalue weighted by molar-refractivity contribution is 0.610. The van der Waals surface area contributed by atoms with Gasteiger partial charge in [0.05, 0.1) is 10.5 Å². The highest BCUT2D eigenvalue weighted by atomic mass is 79.9. The molecule has 1 N–H and O–H groups in total. The maximum Gasteiger partial charge on any atom is 0.263 e. The van der Waals surface area contributed by atoms with Crippen molar-refractivity contribution in [3.05, 3.63) is 21.9 Å². The van der Waals surface area contributed by atoms with Gasteiger partial charge in [-0.15, -0.1) is 0 Å². The highest BCUT2D eigenvalue weighted by Crippen LogP contribution is 2.30. The van der Waals surface area contributed by atoms with Gasteiger partial charge < -0.3 is 4.98 Å². The van der Waals surface area contributed by atoms with Crippen LogP contribution in [0.1, 0.15) is 0 Å². The van der Waals surface area contributed by atoms with Crippen LogP contribution >= 0.6 is 38.2 Å². The molecule has 0 saturated carbocycles. The highest BCUT2D eigenvalue weighted by molar-refractivity contribution is 9.10. The number of nitrogens with one attached hydrogen (secondary N) is 1. The zero-order valence-corrected chi connectivity index (χ0v) is 10.9. The van der Waals surface area contributed by atoms with E-state index in [1.165, 1.54) is 12.1 Å². The highest BCUT2D eigenvalue weighted by Gasteiger charge is 2.18. The van der Waals surface area contributed by atoms with E-state index in [0.717, 1.165) is 0 Å². The number of aromatic amines is 1. The number of hydrogen-bond donors (Lipinski definition) is 1. The maximum atomic E-state index is 11.2. The first-order valence-corrected chi connectivity index (χ1v) is 7.16. The number of benzene rings is 1. The average Bonchev–Trinajstić information content (AvgIpc) is 2.45. The van der Waals surface area contributed by atoms with Crippen LogP contribution < -0.4 is 0 Å². The first-order chi connectivity index (χ1) is 6.89. The van der Waals surface area contributed by atoms with E-state index < -0.39 is 9.05 Å². The summed E-state index contributed by atoms with van der Waals surface area (Å²) in [5.41, 5.74) is 0.662. The number of H-pyrrole nitrogens is 1. The molecule has 15 heavy (non-hydrogen) atoms. The van der Waals surface area contributed by atoms with Crippen LogP contribution in [0, 0.1) is 0 Å². The van der Waals surface area contributed by atoms with Crippen LogP contribution in [0.5, 0.6) is 0 Å². The quantitative estimate of drug-likeness (QED) is 0.818. The molecular weight excluding hydrogens is 327 g/mol. The normalized spacial score (nSPS) is 12.2. The Bertz CT molecular complexity index is 638. The zero-order chi connectivity index (χ0) is 11.2. The lowest BCUT2D eigenvalue weighted by Gasteiger charge is -1.98. The molecule has 0 aliphatic rings. The molecule has 8 heteroatoms. The number of fused-ring (bicyclic) bond motifs is 1. The summed E-state index contributed by atoms with van der Waals surface area (Å²) in [5, 5.41) is 0.382. The van der Waals surface area contributed by atoms with Crippen LogP contribution in [-0.4, -0.2) is 18.4 Å². The van der Waals surface area contributed by atoms with Crippen LogP contribution in [-0.2, 0) is 9.05 Å². The second-order valence-corrected chi connectivity index (χ2v) is 6.43. The Balaban J connectivity index is 2.95. The van der Waals surface area contributed by atoms with E-state index in [2.05, 4.69) is 25.9 Å². The molecule has 0 spiro atoms. The monoisotopic (exact) mass is 328 g/mol. The molecule has 0 saturated heterocycles. The first kappa shape index (κ1) is 11.2. The van der Waals surface area contributed by atoms with Crippen molar-refractivity contribution >= 4 is 58.3 Å². The molecule has 1 aromatic carbocycles. The van der Waals surface area contributed by atoms with Gasteiger partial charge in [0.2, 0.25) is 0 Å². The number of hydrogen-bond acceptors (Lipinski definition) is 3. The summed E-state index contributed by atoms with van der Waals surface area (Å²) in [6.45, 7) is 0. The van der Waals surface area contributed by atoms with Gasteiger partial charge >= 0.3 is 0 Å². The molecule has 0 radical (unpaired) electrons. The summed E-state index contributed by atoms with van der Waals surface area (Å²) in [6, 6.07) is 2.77. The predicted molar refractivity (Wildman–Crippen MR) is 61.8 cm³/mol. The van der Waals surface area contributed by atoms with Gasteiger partial charge in [-0.05, 0) is 28.1 Å². The van der Waals surface area contributed by atoms with E-state index in [0.29, 0.717) is 15.3 Å². The Kier molecular flexibility index (Phi) is 2.70. The Labute approximate surface area is 103 Å². The smallest absolute Gasteiger partial charge is 0.263 e. The molecule has 0 bridgehead atoms. The zero-order valence-electron chi connectivity index (χ0n) is 6.96. The van der Waals surface area contributed by atoms with Gasteiger partial charge in [-0.3, -0.25) is 0 Å². The number of nitrogens with zero attached hydrogens (tertiary/aromatic N) is 1. The third kappa shape index (κ3) is 1.99. The van der Waals surface area contributed by atoms with Gasteiger partial charge in [0.15, 0.2) is 4.73 Å². The lowest BCUT2D eigenvalue weighted by Crippen LogP contribution is -1.92. The van der Waals surface area contributed by atoms with Crippen molar-refractivity contribution in [2.75, 3.05) is 0 Å². The summed E-state index contributed by atoms with van der Waals surface area (Å²) in [5.74, 6) is 0. The molecule has 0 fully saturated rings. The predicted octanol–water partition coefficient (Wildman–Crippen LogP) is 2.91. The molecule has 1 heterocycles. The first-order valence-electron chi connectivity index (χ1n) is 3.68. The van der Waals surface area contributed by atoms with E-state index >= 15 is 0 Å². The van der Waals surface area contributed by atoms with Gasteiger partial charge in [0, 0.05) is 10.7 Å². The Hall–Kier alpha value is -0.300. The number of imidazole rings is 1. The standard InChI is InChI=1S/C7H3BrCl2N2O2S/c8-7-11-5-3(9)1-2-4(6(5)12-7)15(10,13)14/h1-2H,(H,11,12). The van der Waals surface area contributed by atoms with E-state index in [4.69, 9.17) is 22.3 Å². The Morgan fingerprint density at radius 3 is 2.67 bits per heavy atom. The summed E-state index contributed by atoms with van der Waals surface area (Å²) in [6.07, 6.45) is 0. The van der Waals surface area contributed by atoms with Crippen molar-refractivity contribution < 1.29 is 8.42 Å². The molecule has 1 aromatic heterocycles. The molecule has 0 unspecified atom stereocenters. The van der Waals surface area contributed by atoms with Crippen LogP contribution in [0.4, 0.5) is 0 Å². The van der Waals surface area contributed by atoms with Gasteiger partial charge in [-0.1, -0.05) is 11.6 Å². The van der Waals surface area contributed by atoms with Gasteiger partial charge in [-0.2, -0.15) is 0 Å². The molecule has 0 amide bonds. The maximum absolute atomic E-state index is 11.2. The van der Waals surface area contributed by atoms with E-state index in [1.54, 1.807) is 0 Å².